The molecule has 0 atom stereocenters. The molecule has 0 radical (unpaired) electrons. The molecule has 0 aromatic carbocycles. The maximum Gasteiger partial charge on any atom is 0.410 e. The fraction of sp³-hybridized carbons (Fsp3) is 0.875. The molecule has 0 N–H and O–H groups in total. The van der Waals surface area contributed by atoms with Crippen molar-refractivity contribution in [3.8, 4) is 6.07 Å². The molecule has 0 bridgehead atoms. The lowest BCUT2D eigenvalue weighted by Crippen LogP contribution is -2.66. The topological polar surface area (TPSA) is 62.6 Å². The van der Waals surface area contributed by atoms with Gasteiger partial charge in [-0.05, 0) is 27.2 Å². The minimum Gasteiger partial charge on any atom is -0.444 e. The molecule has 1 heterocycles. The average molecular weight is 332 g/mol. The van der Waals surface area contributed by atoms with E-state index in [1.807, 2.05) is 6.92 Å². The molecule has 0 unspecified atom stereocenters. The lowest BCUT2D eigenvalue weighted by Gasteiger charge is -2.48. The Morgan fingerprint density at radius 2 is 1.91 bits per heavy atom. The fourth-order valence-corrected chi connectivity index (χ4v) is 2.23. The number of nitriles is 1. The van der Waals surface area contributed by atoms with Gasteiger partial charge in [0.05, 0.1) is 25.8 Å². The van der Waals surface area contributed by atoms with Crippen LogP contribution in [0.2, 0.25) is 0 Å². The molecule has 1 amide bonds. The summed E-state index contributed by atoms with van der Waals surface area (Å²) < 4.78 is 38.9. The van der Waals surface area contributed by atoms with Crippen LogP contribution >= 0.6 is 0 Å². The van der Waals surface area contributed by atoms with Crippen molar-refractivity contribution in [2.24, 2.45) is 5.41 Å². The third-order valence-electron chi connectivity index (χ3n) is 3.69. The van der Waals surface area contributed by atoms with Gasteiger partial charge < -0.3 is 14.4 Å². The van der Waals surface area contributed by atoms with Crippen LogP contribution in [0.3, 0.4) is 0 Å². The van der Waals surface area contributed by atoms with Crippen LogP contribution in [0.4, 0.5) is 13.6 Å². The molecule has 132 valence electrons. The number of ether oxygens (including phenoxy) is 2. The van der Waals surface area contributed by atoms with Gasteiger partial charge >= 0.3 is 6.09 Å². The van der Waals surface area contributed by atoms with Gasteiger partial charge in [0, 0.05) is 13.0 Å². The van der Waals surface area contributed by atoms with E-state index in [-0.39, 0.29) is 19.7 Å². The zero-order chi connectivity index (χ0) is 17.7. The molecule has 0 saturated carbocycles. The summed E-state index contributed by atoms with van der Waals surface area (Å²) in [4.78, 5) is 13.0. The lowest BCUT2D eigenvalue weighted by atomic mass is 9.74. The number of nitrogens with zero attached hydrogens (tertiary/aromatic N) is 2. The Bertz CT molecular complexity index is 449. The summed E-state index contributed by atoms with van der Waals surface area (Å²) in [6.45, 7) is 6.79. The maximum absolute atomic E-state index is 14.3. The molecule has 5 nitrogen and oxygen atoms in total. The Morgan fingerprint density at radius 1 is 1.30 bits per heavy atom. The molecule has 0 aromatic heterocycles. The number of hydrogen-bond acceptors (Lipinski definition) is 4. The van der Waals surface area contributed by atoms with Crippen molar-refractivity contribution in [2.75, 3.05) is 26.3 Å². The van der Waals surface area contributed by atoms with Gasteiger partial charge in [-0.3, -0.25) is 0 Å². The van der Waals surface area contributed by atoms with Gasteiger partial charge in [0.15, 0.2) is 5.41 Å². The number of hydrogen-bond donors (Lipinski definition) is 0. The van der Waals surface area contributed by atoms with Crippen molar-refractivity contribution < 1.29 is 23.0 Å². The summed E-state index contributed by atoms with van der Waals surface area (Å²) in [7, 11) is 0. The Kier molecular flexibility index (Phi) is 6.34. The molecule has 7 heteroatoms. The van der Waals surface area contributed by atoms with Crippen molar-refractivity contribution in [3.63, 3.8) is 0 Å². The summed E-state index contributed by atoms with van der Waals surface area (Å²) in [5.74, 6) is -3.20. The van der Waals surface area contributed by atoms with E-state index >= 15 is 0 Å². The Hall–Kier alpha value is -1.42. The number of likely N-dealkylation sites (tertiary alicyclic amines) is 1. The highest BCUT2D eigenvalue weighted by atomic mass is 19.3. The quantitative estimate of drug-likeness (QED) is 0.668. The van der Waals surface area contributed by atoms with Crippen LogP contribution in [0.5, 0.6) is 0 Å². The van der Waals surface area contributed by atoms with Gasteiger partial charge in [0.25, 0.3) is 5.92 Å². The largest absolute Gasteiger partial charge is 0.444 e. The second-order valence-corrected chi connectivity index (χ2v) is 6.95. The first kappa shape index (κ1) is 19.6. The van der Waals surface area contributed by atoms with E-state index in [1.165, 1.54) is 0 Å². The van der Waals surface area contributed by atoms with E-state index in [9.17, 15) is 18.8 Å². The summed E-state index contributed by atoms with van der Waals surface area (Å²) >= 11 is 0. The van der Waals surface area contributed by atoms with Gasteiger partial charge in [0.2, 0.25) is 0 Å². The van der Waals surface area contributed by atoms with E-state index in [0.29, 0.717) is 6.61 Å². The van der Waals surface area contributed by atoms with Crippen LogP contribution in [0.1, 0.15) is 47.0 Å². The SMILES string of the molecule is CCCCOCCC(F)(F)C1(C#N)CN(C(=O)OC(C)(C)C)C1. The average Bonchev–Trinajstić information content (AvgIpc) is 2.35. The fourth-order valence-electron chi connectivity index (χ4n) is 2.23. The summed E-state index contributed by atoms with van der Waals surface area (Å²) in [6.07, 6.45) is 0.565. The van der Waals surface area contributed by atoms with Crippen LogP contribution in [-0.4, -0.2) is 48.8 Å². The van der Waals surface area contributed by atoms with Crippen molar-refractivity contribution >= 4 is 6.09 Å². The van der Waals surface area contributed by atoms with E-state index in [1.54, 1.807) is 26.8 Å². The molecule has 23 heavy (non-hydrogen) atoms. The van der Waals surface area contributed by atoms with Crippen molar-refractivity contribution in [3.05, 3.63) is 0 Å². The maximum atomic E-state index is 14.3. The smallest absolute Gasteiger partial charge is 0.410 e. The number of rotatable bonds is 7. The van der Waals surface area contributed by atoms with E-state index in [0.717, 1.165) is 17.7 Å². The first-order valence-electron chi connectivity index (χ1n) is 7.92. The molecule has 0 spiro atoms. The number of unbranched alkanes of at least 4 members (excludes halogenated alkanes) is 1. The molecular weight excluding hydrogens is 306 g/mol. The normalized spacial score (nSPS) is 17.3. The van der Waals surface area contributed by atoms with Crippen LogP contribution in [0.15, 0.2) is 0 Å². The van der Waals surface area contributed by atoms with Gasteiger partial charge in [-0.15, -0.1) is 0 Å². The number of alkyl halides is 2. The zero-order valence-electron chi connectivity index (χ0n) is 14.3. The number of carbonyl (C=O) groups is 1. The first-order valence-corrected chi connectivity index (χ1v) is 7.92. The van der Waals surface area contributed by atoms with Crippen molar-refractivity contribution in [1.29, 1.82) is 5.26 Å². The molecule has 1 fully saturated rings. The van der Waals surface area contributed by atoms with Crippen molar-refractivity contribution in [2.45, 2.75) is 58.5 Å². The molecule has 1 saturated heterocycles. The van der Waals surface area contributed by atoms with Crippen LogP contribution in [-0.2, 0) is 9.47 Å². The number of amides is 1. The van der Waals surface area contributed by atoms with Crippen LogP contribution in [0, 0.1) is 16.7 Å². The molecular formula is C16H26F2N2O3. The Labute approximate surface area is 136 Å². The minimum absolute atomic E-state index is 0.0944. The van der Waals surface area contributed by atoms with Gasteiger partial charge in [-0.1, -0.05) is 13.3 Å². The third kappa shape index (κ3) is 5.03. The predicted molar refractivity (Wildman–Crippen MR) is 81.1 cm³/mol. The summed E-state index contributed by atoms with van der Waals surface area (Å²) in [5.41, 5.74) is -2.55. The molecule has 1 aliphatic rings. The molecule has 0 aliphatic carbocycles. The summed E-state index contributed by atoms with van der Waals surface area (Å²) in [5, 5.41) is 9.20. The van der Waals surface area contributed by atoms with E-state index in [2.05, 4.69) is 0 Å². The van der Waals surface area contributed by atoms with E-state index < -0.39 is 29.5 Å². The van der Waals surface area contributed by atoms with Crippen molar-refractivity contribution in [1.82, 2.24) is 4.90 Å². The molecule has 1 rings (SSSR count). The first-order chi connectivity index (χ1) is 10.6. The Balaban J connectivity index is 2.53. The van der Waals surface area contributed by atoms with Gasteiger partial charge in [-0.2, -0.15) is 5.26 Å². The standard InChI is InChI=1S/C16H26F2N2O3/c1-5-6-8-22-9-7-16(17,18)15(10-19)11-20(12-15)13(21)23-14(2,3)4/h5-9,11-12H2,1-4H3. The lowest BCUT2D eigenvalue weighted by molar-refractivity contribution is -0.165. The highest BCUT2D eigenvalue weighted by molar-refractivity contribution is 5.70. The number of halogens is 2. The Morgan fingerprint density at radius 3 is 2.39 bits per heavy atom. The van der Waals surface area contributed by atoms with Gasteiger partial charge in [0.1, 0.15) is 5.60 Å². The summed E-state index contributed by atoms with van der Waals surface area (Å²) in [6, 6.07) is 1.70. The van der Waals surface area contributed by atoms with Crippen LogP contribution in [0.25, 0.3) is 0 Å². The van der Waals surface area contributed by atoms with Crippen LogP contribution < -0.4 is 0 Å². The second-order valence-electron chi connectivity index (χ2n) is 6.95. The monoisotopic (exact) mass is 332 g/mol. The zero-order valence-corrected chi connectivity index (χ0v) is 14.3. The number of carbonyl (C=O) groups excluding carboxylic acids is 1. The van der Waals surface area contributed by atoms with E-state index in [4.69, 9.17) is 9.47 Å². The highest BCUT2D eigenvalue weighted by Crippen LogP contribution is 2.46. The predicted octanol–water partition coefficient (Wildman–Crippen LogP) is 3.59. The molecule has 0 aromatic rings. The van der Waals surface area contributed by atoms with Gasteiger partial charge in [-0.25, -0.2) is 13.6 Å². The third-order valence-corrected chi connectivity index (χ3v) is 3.69. The minimum atomic E-state index is -3.20. The highest BCUT2D eigenvalue weighted by Gasteiger charge is 2.62. The second kappa shape index (κ2) is 7.43. The molecule has 1 aliphatic heterocycles.